The smallest absolute Gasteiger partial charge is 0.245 e. The van der Waals surface area contributed by atoms with Gasteiger partial charge in [0, 0.05) is 11.6 Å². The number of carbonyl (C=O) groups is 1. The molecule has 0 aromatic carbocycles. The van der Waals surface area contributed by atoms with Gasteiger partial charge in [-0.3, -0.25) is 4.79 Å². The first-order valence-corrected chi connectivity index (χ1v) is 4.31. The highest BCUT2D eigenvalue weighted by Gasteiger charge is 2.09. The second-order valence-corrected chi connectivity index (χ2v) is 2.92. The van der Waals surface area contributed by atoms with Crippen LogP contribution in [0.25, 0.3) is 0 Å². The molecule has 0 aromatic heterocycles. The molecule has 0 radical (unpaired) electrons. The number of unbranched alkanes of at least 4 members (excludes halogenated alkanes) is 1. The summed E-state index contributed by atoms with van der Waals surface area (Å²) in [5.74, 6) is -0.425. The van der Waals surface area contributed by atoms with Crippen molar-refractivity contribution in [1.82, 2.24) is 5.32 Å². The summed E-state index contributed by atoms with van der Waals surface area (Å²) in [5, 5.41) is 3.16. The van der Waals surface area contributed by atoms with Gasteiger partial charge < -0.3 is 11.1 Å². The van der Waals surface area contributed by atoms with E-state index in [2.05, 4.69) is 18.8 Å². The molecule has 0 aliphatic heterocycles. The van der Waals surface area contributed by atoms with Gasteiger partial charge in [-0.05, 0) is 19.9 Å². The van der Waals surface area contributed by atoms with Gasteiger partial charge >= 0.3 is 0 Å². The Kier molecular flexibility index (Phi) is 5.37. The lowest BCUT2D eigenvalue weighted by molar-refractivity contribution is -0.114. The van der Waals surface area contributed by atoms with Crippen molar-refractivity contribution in [1.29, 1.82) is 0 Å². The van der Waals surface area contributed by atoms with Crippen LogP contribution in [0.3, 0.4) is 0 Å². The number of hydrogen-bond acceptors (Lipinski definition) is 2. The SMILES string of the molecule is C=C(C(N)=O)C(C)NCCCC. The molecule has 1 amide bonds. The van der Waals surface area contributed by atoms with Crippen molar-refractivity contribution >= 4 is 5.91 Å². The highest BCUT2D eigenvalue weighted by Crippen LogP contribution is 1.97. The van der Waals surface area contributed by atoms with Gasteiger partial charge in [0.25, 0.3) is 0 Å². The van der Waals surface area contributed by atoms with E-state index in [-0.39, 0.29) is 6.04 Å². The lowest BCUT2D eigenvalue weighted by Gasteiger charge is -2.13. The summed E-state index contributed by atoms with van der Waals surface area (Å²) in [6.45, 7) is 8.51. The van der Waals surface area contributed by atoms with Crippen LogP contribution in [-0.2, 0) is 4.79 Å². The van der Waals surface area contributed by atoms with Crippen molar-refractivity contribution in [2.24, 2.45) is 5.73 Å². The van der Waals surface area contributed by atoms with Crippen LogP contribution in [0, 0.1) is 0 Å². The molecule has 0 fully saturated rings. The normalized spacial score (nSPS) is 12.5. The molecule has 0 aromatic rings. The second kappa shape index (κ2) is 5.77. The van der Waals surface area contributed by atoms with Gasteiger partial charge in [0.05, 0.1) is 0 Å². The number of nitrogens with one attached hydrogen (secondary N) is 1. The summed E-state index contributed by atoms with van der Waals surface area (Å²) >= 11 is 0. The van der Waals surface area contributed by atoms with Crippen LogP contribution in [0.4, 0.5) is 0 Å². The topological polar surface area (TPSA) is 55.1 Å². The molecule has 0 spiro atoms. The highest BCUT2D eigenvalue weighted by atomic mass is 16.1. The van der Waals surface area contributed by atoms with Crippen molar-refractivity contribution in [3.8, 4) is 0 Å². The minimum atomic E-state index is -0.425. The van der Waals surface area contributed by atoms with Gasteiger partial charge in [0.2, 0.25) is 5.91 Å². The lowest BCUT2D eigenvalue weighted by atomic mass is 10.1. The number of carbonyl (C=O) groups excluding carboxylic acids is 1. The summed E-state index contributed by atoms with van der Waals surface area (Å²) < 4.78 is 0. The van der Waals surface area contributed by atoms with Gasteiger partial charge in [-0.15, -0.1) is 0 Å². The van der Waals surface area contributed by atoms with Gasteiger partial charge in [-0.2, -0.15) is 0 Å². The Bertz CT molecular complexity index is 166. The molecule has 1 unspecified atom stereocenters. The third kappa shape index (κ3) is 4.13. The quantitative estimate of drug-likeness (QED) is 0.458. The van der Waals surface area contributed by atoms with Crippen molar-refractivity contribution < 1.29 is 4.79 Å². The number of hydrogen-bond donors (Lipinski definition) is 2. The molecule has 12 heavy (non-hydrogen) atoms. The van der Waals surface area contributed by atoms with E-state index in [1.165, 1.54) is 0 Å². The maximum atomic E-state index is 10.7. The Balaban J connectivity index is 3.64. The molecule has 0 aliphatic rings. The van der Waals surface area contributed by atoms with Crippen LogP contribution in [0.1, 0.15) is 26.7 Å². The monoisotopic (exact) mass is 170 g/mol. The average molecular weight is 170 g/mol. The number of primary amides is 1. The van der Waals surface area contributed by atoms with Crippen molar-refractivity contribution in [2.45, 2.75) is 32.7 Å². The van der Waals surface area contributed by atoms with E-state index in [9.17, 15) is 4.79 Å². The number of rotatable bonds is 6. The molecule has 0 heterocycles. The summed E-state index contributed by atoms with van der Waals surface area (Å²) in [5.41, 5.74) is 5.51. The lowest BCUT2D eigenvalue weighted by Crippen LogP contribution is -2.33. The summed E-state index contributed by atoms with van der Waals surface area (Å²) in [7, 11) is 0. The first-order valence-electron chi connectivity index (χ1n) is 4.31. The maximum absolute atomic E-state index is 10.7. The summed E-state index contributed by atoms with van der Waals surface area (Å²) in [4.78, 5) is 10.7. The van der Waals surface area contributed by atoms with E-state index >= 15 is 0 Å². The molecule has 0 saturated carbocycles. The van der Waals surface area contributed by atoms with E-state index in [0.29, 0.717) is 5.57 Å². The molecule has 0 rings (SSSR count). The molecular weight excluding hydrogens is 152 g/mol. The third-order valence-corrected chi connectivity index (χ3v) is 1.82. The van der Waals surface area contributed by atoms with Crippen molar-refractivity contribution in [2.75, 3.05) is 6.54 Å². The molecular formula is C9H18N2O. The van der Waals surface area contributed by atoms with Crippen LogP contribution in [0.2, 0.25) is 0 Å². The first kappa shape index (κ1) is 11.2. The Morgan fingerprint density at radius 2 is 2.25 bits per heavy atom. The molecule has 70 valence electrons. The van der Waals surface area contributed by atoms with E-state index in [1.807, 2.05) is 6.92 Å². The fourth-order valence-corrected chi connectivity index (χ4v) is 0.832. The fourth-order valence-electron chi connectivity index (χ4n) is 0.832. The largest absolute Gasteiger partial charge is 0.366 e. The van der Waals surface area contributed by atoms with E-state index in [0.717, 1.165) is 19.4 Å². The van der Waals surface area contributed by atoms with Gasteiger partial charge in [0.1, 0.15) is 0 Å². The zero-order valence-electron chi connectivity index (χ0n) is 7.89. The zero-order chi connectivity index (χ0) is 9.56. The van der Waals surface area contributed by atoms with Crippen molar-refractivity contribution in [3.63, 3.8) is 0 Å². The molecule has 1 atom stereocenters. The fraction of sp³-hybridized carbons (Fsp3) is 0.667. The minimum absolute atomic E-state index is 0.00551. The Morgan fingerprint density at radius 1 is 1.67 bits per heavy atom. The van der Waals surface area contributed by atoms with Crippen LogP contribution in [0.15, 0.2) is 12.2 Å². The minimum Gasteiger partial charge on any atom is -0.366 e. The van der Waals surface area contributed by atoms with Crippen LogP contribution >= 0.6 is 0 Å². The van der Waals surface area contributed by atoms with Crippen LogP contribution in [0.5, 0.6) is 0 Å². The average Bonchev–Trinajstić information content (AvgIpc) is 2.03. The third-order valence-electron chi connectivity index (χ3n) is 1.82. The molecule has 0 saturated heterocycles. The number of nitrogens with two attached hydrogens (primary N) is 1. The zero-order valence-corrected chi connectivity index (χ0v) is 7.89. The molecule has 3 nitrogen and oxygen atoms in total. The molecule has 3 heteroatoms. The van der Waals surface area contributed by atoms with Gasteiger partial charge in [-0.25, -0.2) is 0 Å². The van der Waals surface area contributed by atoms with Crippen LogP contribution < -0.4 is 11.1 Å². The summed E-state index contributed by atoms with van der Waals surface area (Å²) in [6, 6.07) is -0.00551. The number of amides is 1. The van der Waals surface area contributed by atoms with E-state index in [4.69, 9.17) is 5.73 Å². The molecule has 0 bridgehead atoms. The van der Waals surface area contributed by atoms with Crippen LogP contribution in [-0.4, -0.2) is 18.5 Å². The van der Waals surface area contributed by atoms with E-state index in [1.54, 1.807) is 0 Å². The summed E-state index contributed by atoms with van der Waals surface area (Å²) in [6.07, 6.45) is 2.25. The van der Waals surface area contributed by atoms with E-state index < -0.39 is 5.91 Å². The maximum Gasteiger partial charge on any atom is 0.245 e. The Hall–Kier alpha value is -0.830. The van der Waals surface area contributed by atoms with Crippen molar-refractivity contribution in [3.05, 3.63) is 12.2 Å². The Labute approximate surface area is 74.0 Å². The standard InChI is InChI=1S/C9H18N2O/c1-4-5-6-11-8(3)7(2)9(10)12/h8,11H,2,4-6H2,1,3H3,(H2,10,12). The Morgan fingerprint density at radius 3 is 2.67 bits per heavy atom. The van der Waals surface area contributed by atoms with Gasteiger partial charge in [-0.1, -0.05) is 19.9 Å². The second-order valence-electron chi connectivity index (χ2n) is 2.92. The highest BCUT2D eigenvalue weighted by molar-refractivity contribution is 5.92. The first-order chi connectivity index (χ1) is 5.59. The molecule has 3 N–H and O–H groups in total. The predicted molar refractivity (Wildman–Crippen MR) is 50.7 cm³/mol. The van der Waals surface area contributed by atoms with Gasteiger partial charge in [0.15, 0.2) is 0 Å². The molecule has 0 aliphatic carbocycles. The predicted octanol–water partition coefficient (Wildman–Crippen LogP) is 0.806.